The molecule has 0 amide bonds. The average molecular weight is 296 g/mol. The molecule has 3 aromatic rings. The highest BCUT2D eigenvalue weighted by atomic mass is 32.1. The number of H-pyrrole nitrogens is 1. The highest BCUT2D eigenvalue weighted by Gasteiger charge is 2.14. The van der Waals surface area contributed by atoms with Crippen molar-refractivity contribution in [2.45, 2.75) is 6.92 Å². The van der Waals surface area contributed by atoms with Gasteiger partial charge in [-0.2, -0.15) is 0 Å². The number of hydrogen-bond donors (Lipinski definition) is 1. The van der Waals surface area contributed by atoms with Crippen molar-refractivity contribution in [2.75, 3.05) is 11.9 Å². The smallest absolute Gasteiger partial charge is 0.234 e. The van der Waals surface area contributed by atoms with Crippen molar-refractivity contribution < 1.29 is 0 Å². The number of aromatic nitrogens is 3. The van der Waals surface area contributed by atoms with E-state index in [1.807, 2.05) is 52.9 Å². The van der Waals surface area contributed by atoms with Crippen LogP contribution < -0.4 is 4.90 Å². The minimum atomic E-state index is 0.579. The van der Waals surface area contributed by atoms with E-state index in [4.69, 9.17) is 12.2 Å². The van der Waals surface area contributed by atoms with Crippen LogP contribution in [0.3, 0.4) is 0 Å². The number of aryl methyl sites for hydroxylation is 1. The Morgan fingerprint density at radius 3 is 2.57 bits per heavy atom. The number of nitrogens with one attached hydrogen (secondary N) is 1. The lowest BCUT2D eigenvalue weighted by molar-refractivity contribution is 0.977. The number of hydrogen-bond acceptors (Lipinski definition) is 3. The topological polar surface area (TPSA) is 36.9 Å². The second kappa shape index (κ2) is 5.54. The molecule has 0 aliphatic heterocycles. The summed E-state index contributed by atoms with van der Waals surface area (Å²) in [6.07, 6.45) is 0. The quantitative estimate of drug-likeness (QED) is 0.742. The van der Waals surface area contributed by atoms with Gasteiger partial charge in [0.2, 0.25) is 10.7 Å². The Morgan fingerprint density at radius 2 is 1.86 bits per heavy atom. The molecular formula is C16H16N4S. The molecule has 21 heavy (non-hydrogen) atoms. The molecule has 0 aliphatic rings. The van der Waals surface area contributed by atoms with Crippen LogP contribution in [0.15, 0.2) is 54.6 Å². The molecule has 106 valence electrons. The first kappa shape index (κ1) is 13.6. The Morgan fingerprint density at radius 1 is 1.10 bits per heavy atom. The third-order valence-corrected chi connectivity index (χ3v) is 3.63. The van der Waals surface area contributed by atoms with Crippen molar-refractivity contribution in [3.8, 4) is 5.69 Å². The van der Waals surface area contributed by atoms with Gasteiger partial charge < -0.3 is 4.90 Å². The maximum absolute atomic E-state index is 5.37. The van der Waals surface area contributed by atoms with Gasteiger partial charge >= 0.3 is 0 Å². The zero-order valence-corrected chi connectivity index (χ0v) is 12.8. The van der Waals surface area contributed by atoms with Crippen molar-refractivity contribution in [2.24, 2.45) is 0 Å². The fraction of sp³-hybridized carbons (Fsp3) is 0.125. The van der Waals surface area contributed by atoms with Gasteiger partial charge in [0, 0.05) is 12.7 Å². The molecule has 0 bridgehead atoms. The van der Waals surface area contributed by atoms with Gasteiger partial charge in [-0.3, -0.25) is 4.57 Å². The summed E-state index contributed by atoms with van der Waals surface area (Å²) in [4.78, 5) is 2.02. The van der Waals surface area contributed by atoms with Crippen LogP contribution in [0.5, 0.6) is 0 Å². The molecule has 5 heteroatoms. The van der Waals surface area contributed by atoms with E-state index in [0.717, 1.165) is 17.3 Å². The average Bonchev–Trinajstić information content (AvgIpc) is 2.89. The summed E-state index contributed by atoms with van der Waals surface area (Å²) in [7, 11) is 1.99. The third-order valence-electron chi connectivity index (χ3n) is 3.36. The van der Waals surface area contributed by atoms with Crippen LogP contribution in [0, 0.1) is 11.7 Å². The summed E-state index contributed by atoms with van der Waals surface area (Å²) in [5.41, 5.74) is 3.27. The van der Waals surface area contributed by atoms with Crippen LogP contribution in [-0.4, -0.2) is 21.8 Å². The van der Waals surface area contributed by atoms with Crippen LogP contribution in [-0.2, 0) is 0 Å². The SMILES string of the molecule is Cc1cccc(N(C)c2n[nH]c(=S)n2-c2ccccc2)c1. The zero-order valence-electron chi connectivity index (χ0n) is 11.9. The minimum absolute atomic E-state index is 0.579. The van der Waals surface area contributed by atoms with E-state index in [1.54, 1.807) is 0 Å². The Balaban J connectivity index is 2.10. The summed E-state index contributed by atoms with van der Waals surface area (Å²) >= 11 is 5.37. The highest BCUT2D eigenvalue weighted by molar-refractivity contribution is 7.71. The summed E-state index contributed by atoms with van der Waals surface area (Å²) in [6, 6.07) is 18.3. The molecule has 0 saturated carbocycles. The molecule has 0 radical (unpaired) electrons. The molecule has 0 spiro atoms. The Kier molecular flexibility index (Phi) is 3.58. The van der Waals surface area contributed by atoms with Crippen molar-refractivity contribution in [3.05, 3.63) is 64.9 Å². The number of rotatable bonds is 3. The van der Waals surface area contributed by atoms with E-state index in [0.29, 0.717) is 4.77 Å². The molecule has 3 rings (SSSR count). The minimum Gasteiger partial charge on any atom is -0.313 e. The summed E-state index contributed by atoms with van der Waals surface area (Å²) < 4.78 is 2.51. The maximum Gasteiger partial charge on any atom is 0.234 e. The van der Waals surface area contributed by atoms with Gasteiger partial charge in [-0.05, 0) is 49.0 Å². The van der Waals surface area contributed by atoms with E-state index in [2.05, 4.69) is 35.3 Å². The monoisotopic (exact) mass is 296 g/mol. The largest absolute Gasteiger partial charge is 0.313 e. The van der Waals surface area contributed by atoms with Crippen molar-refractivity contribution >= 4 is 23.9 Å². The molecule has 0 atom stereocenters. The summed E-state index contributed by atoms with van der Waals surface area (Å²) in [5.74, 6) is 0.761. The Bertz CT molecular complexity index is 804. The van der Waals surface area contributed by atoms with Gasteiger partial charge in [0.1, 0.15) is 0 Å². The maximum atomic E-state index is 5.37. The van der Waals surface area contributed by atoms with Crippen LogP contribution in [0.2, 0.25) is 0 Å². The van der Waals surface area contributed by atoms with Crippen LogP contribution >= 0.6 is 12.2 Å². The molecule has 1 heterocycles. The van der Waals surface area contributed by atoms with Crippen LogP contribution in [0.4, 0.5) is 11.6 Å². The van der Waals surface area contributed by atoms with Crippen molar-refractivity contribution in [3.63, 3.8) is 0 Å². The number of aromatic amines is 1. The van der Waals surface area contributed by atoms with Crippen LogP contribution in [0.25, 0.3) is 5.69 Å². The predicted octanol–water partition coefficient (Wildman–Crippen LogP) is 4.01. The lowest BCUT2D eigenvalue weighted by atomic mass is 10.2. The molecular weight excluding hydrogens is 280 g/mol. The fourth-order valence-electron chi connectivity index (χ4n) is 2.28. The van der Waals surface area contributed by atoms with Gasteiger partial charge in [-0.15, -0.1) is 5.10 Å². The Hall–Kier alpha value is -2.40. The molecule has 1 aromatic heterocycles. The van der Waals surface area contributed by atoms with Gasteiger partial charge in [0.25, 0.3) is 0 Å². The molecule has 0 unspecified atom stereocenters. The number of para-hydroxylation sites is 1. The zero-order chi connectivity index (χ0) is 14.8. The second-order valence-electron chi connectivity index (χ2n) is 4.90. The Labute approximate surface area is 128 Å². The number of anilines is 2. The summed E-state index contributed by atoms with van der Waals surface area (Å²) in [5, 5.41) is 7.24. The van der Waals surface area contributed by atoms with E-state index < -0.39 is 0 Å². The number of nitrogens with zero attached hydrogens (tertiary/aromatic N) is 3. The first-order chi connectivity index (χ1) is 10.2. The third kappa shape index (κ3) is 2.60. The van der Waals surface area contributed by atoms with Crippen molar-refractivity contribution in [1.82, 2.24) is 14.8 Å². The lowest BCUT2D eigenvalue weighted by Crippen LogP contribution is -2.15. The molecule has 0 fully saturated rings. The lowest BCUT2D eigenvalue weighted by Gasteiger charge is -2.19. The molecule has 4 nitrogen and oxygen atoms in total. The molecule has 0 aliphatic carbocycles. The standard InChI is InChI=1S/C16H16N4S/c1-12-7-6-10-14(11-12)19(2)15-17-18-16(21)20(15)13-8-4-3-5-9-13/h3-11H,1-2H3,(H,18,21). The van der Waals surface area contributed by atoms with E-state index in [9.17, 15) is 0 Å². The van der Waals surface area contributed by atoms with Gasteiger partial charge in [-0.1, -0.05) is 30.3 Å². The normalized spacial score (nSPS) is 10.6. The fourth-order valence-corrected chi connectivity index (χ4v) is 2.51. The van der Waals surface area contributed by atoms with Gasteiger partial charge in [0.05, 0.1) is 5.69 Å². The van der Waals surface area contributed by atoms with E-state index in [1.165, 1.54) is 5.56 Å². The van der Waals surface area contributed by atoms with Gasteiger partial charge in [0.15, 0.2) is 0 Å². The second-order valence-corrected chi connectivity index (χ2v) is 5.28. The van der Waals surface area contributed by atoms with Gasteiger partial charge in [-0.25, -0.2) is 5.10 Å². The first-order valence-corrected chi connectivity index (χ1v) is 7.11. The summed E-state index contributed by atoms with van der Waals surface area (Å²) in [6.45, 7) is 2.08. The number of benzene rings is 2. The molecule has 0 saturated heterocycles. The molecule has 1 N–H and O–H groups in total. The first-order valence-electron chi connectivity index (χ1n) is 6.70. The highest BCUT2D eigenvalue weighted by Crippen LogP contribution is 2.25. The van der Waals surface area contributed by atoms with Crippen molar-refractivity contribution in [1.29, 1.82) is 0 Å². The van der Waals surface area contributed by atoms with E-state index in [-0.39, 0.29) is 0 Å². The predicted molar refractivity (Wildman–Crippen MR) is 88.0 cm³/mol. The van der Waals surface area contributed by atoms with Crippen LogP contribution in [0.1, 0.15) is 5.56 Å². The molecule has 2 aromatic carbocycles. The van der Waals surface area contributed by atoms with E-state index >= 15 is 0 Å².